The molecule has 0 bridgehead atoms. The second-order valence-electron chi connectivity index (χ2n) is 6.12. The third-order valence-corrected chi connectivity index (χ3v) is 4.00. The van der Waals surface area contributed by atoms with E-state index in [-0.39, 0.29) is 24.5 Å². The third-order valence-electron chi connectivity index (χ3n) is 4.00. The zero-order valence-electron chi connectivity index (χ0n) is 13.7. The lowest BCUT2D eigenvalue weighted by molar-refractivity contribution is -0.120. The van der Waals surface area contributed by atoms with Crippen LogP contribution in [-0.4, -0.2) is 28.2 Å². The van der Waals surface area contributed by atoms with E-state index in [4.69, 9.17) is 10.5 Å². The van der Waals surface area contributed by atoms with Crippen LogP contribution in [0.2, 0.25) is 0 Å². The molecule has 2 aromatic rings. The molecule has 3 rings (SSSR count). The zero-order valence-corrected chi connectivity index (χ0v) is 13.7. The van der Waals surface area contributed by atoms with Gasteiger partial charge in [-0.05, 0) is 31.5 Å². The van der Waals surface area contributed by atoms with Crippen LogP contribution in [0.5, 0.6) is 5.75 Å². The molecule has 1 aromatic heterocycles. The molecule has 0 saturated heterocycles. The number of nitrogens with two attached hydrogens (primary N) is 1. The second-order valence-corrected chi connectivity index (χ2v) is 6.12. The quantitative estimate of drug-likeness (QED) is 0.874. The average molecular weight is 328 g/mol. The van der Waals surface area contributed by atoms with E-state index in [9.17, 15) is 9.59 Å². The molecule has 3 N–H and O–H groups in total. The normalized spacial score (nSPS) is 16.6. The number of nitrogens with zero attached hydrogens (tertiary/aromatic N) is 2. The van der Waals surface area contributed by atoms with Crippen molar-refractivity contribution >= 4 is 17.6 Å². The van der Waals surface area contributed by atoms with Crippen molar-refractivity contribution in [2.75, 3.05) is 11.9 Å². The number of carbonyl (C=O) groups is 2. The molecule has 0 aliphatic carbocycles. The summed E-state index contributed by atoms with van der Waals surface area (Å²) in [5, 5.41) is 7.32. The Kier molecular flexibility index (Phi) is 4.24. The van der Waals surface area contributed by atoms with Crippen molar-refractivity contribution < 1.29 is 14.3 Å². The summed E-state index contributed by atoms with van der Waals surface area (Å²) in [5.74, 6) is 0.736. The molecule has 1 aliphatic rings. The molecule has 0 fully saturated rings. The van der Waals surface area contributed by atoms with E-state index in [1.165, 1.54) is 0 Å². The molecule has 1 atom stereocenters. The van der Waals surface area contributed by atoms with Crippen molar-refractivity contribution in [1.29, 1.82) is 0 Å². The summed E-state index contributed by atoms with van der Waals surface area (Å²) < 4.78 is 7.09. The first-order valence-corrected chi connectivity index (χ1v) is 7.84. The first-order valence-electron chi connectivity index (χ1n) is 7.84. The minimum atomic E-state index is -0.520. The number of carbonyl (C=O) groups excluding carboxylic acids is 2. The van der Waals surface area contributed by atoms with Gasteiger partial charge in [0.2, 0.25) is 5.91 Å². The summed E-state index contributed by atoms with van der Waals surface area (Å²) in [7, 11) is 0. The molecular weight excluding hydrogens is 308 g/mol. The number of anilines is 1. The fourth-order valence-electron chi connectivity index (χ4n) is 2.88. The van der Waals surface area contributed by atoms with Crippen LogP contribution in [0.15, 0.2) is 30.5 Å². The minimum Gasteiger partial charge on any atom is -0.484 e. The lowest BCUT2D eigenvalue weighted by Crippen LogP contribution is -2.25. The highest BCUT2D eigenvalue weighted by molar-refractivity contribution is 5.94. The van der Waals surface area contributed by atoms with E-state index in [0.717, 1.165) is 16.9 Å². The highest BCUT2D eigenvalue weighted by atomic mass is 16.5. The Balaban J connectivity index is 1.87. The third kappa shape index (κ3) is 3.10. The van der Waals surface area contributed by atoms with E-state index in [0.29, 0.717) is 12.2 Å². The van der Waals surface area contributed by atoms with Gasteiger partial charge in [0.25, 0.3) is 5.91 Å². The summed E-state index contributed by atoms with van der Waals surface area (Å²) in [6.07, 6.45) is 2.19. The van der Waals surface area contributed by atoms with Gasteiger partial charge >= 0.3 is 0 Å². The molecule has 0 spiro atoms. The number of benzene rings is 1. The first kappa shape index (κ1) is 16.0. The van der Waals surface area contributed by atoms with E-state index in [1.54, 1.807) is 12.1 Å². The molecule has 7 nitrogen and oxygen atoms in total. The summed E-state index contributed by atoms with van der Waals surface area (Å²) in [4.78, 5) is 22.9. The van der Waals surface area contributed by atoms with Gasteiger partial charge in [-0.25, -0.2) is 4.68 Å². The number of rotatable bonds is 5. The first-order chi connectivity index (χ1) is 11.5. The Labute approximate surface area is 139 Å². The highest BCUT2D eigenvalue weighted by Gasteiger charge is 2.30. The van der Waals surface area contributed by atoms with Gasteiger partial charge in [-0.1, -0.05) is 12.1 Å². The van der Waals surface area contributed by atoms with Crippen LogP contribution in [0.1, 0.15) is 43.4 Å². The number of amides is 2. The van der Waals surface area contributed by atoms with Crippen LogP contribution in [0.4, 0.5) is 5.82 Å². The van der Waals surface area contributed by atoms with Gasteiger partial charge < -0.3 is 15.8 Å². The van der Waals surface area contributed by atoms with Crippen LogP contribution in [0.3, 0.4) is 0 Å². The second kappa shape index (κ2) is 6.35. The van der Waals surface area contributed by atoms with Crippen molar-refractivity contribution in [3.05, 3.63) is 41.6 Å². The molecule has 7 heteroatoms. The number of primary amides is 1. The lowest BCUT2D eigenvalue weighted by atomic mass is 9.87. The van der Waals surface area contributed by atoms with Crippen LogP contribution in [0, 0.1) is 0 Å². The van der Waals surface area contributed by atoms with Crippen molar-refractivity contribution in [1.82, 2.24) is 9.78 Å². The largest absolute Gasteiger partial charge is 0.484 e. The Bertz CT molecular complexity index is 765. The Hall–Kier alpha value is -2.83. The van der Waals surface area contributed by atoms with E-state index < -0.39 is 5.91 Å². The van der Waals surface area contributed by atoms with Crippen LogP contribution < -0.4 is 15.8 Å². The molecule has 0 saturated carbocycles. The fourth-order valence-corrected chi connectivity index (χ4v) is 2.88. The SMILES string of the molecule is CC(C)n1ncc2c1NC(=O)C[C@H]2c1ccc(OCC(N)=O)cc1. The predicted octanol–water partition coefficient (Wildman–Crippen LogP) is 1.80. The van der Waals surface area contributed by atoms with E-state index in [1.807, 2.05) is 36.9 Å². The van der Waals surface area contributed by atoms with Crippen molar-refractivity contribution in [2.45, 2.75) is 32.2 Å². The van der Waals surface area contributed by atoms with Gasteiger partial charge in [0.15, 0.2) is 6.61 Å². The molecule has 0 unspecified atom stereocenters. The van der Waals surface area contributed by atoms with Crippen molar-refractivity contribution in [3.63, 3.8) is 0 Å². The summed E-state index contributed by atoms with van der Waals surface area (Å²) >= 11 is 0. The summed E-state index contributed by atoms with van der Waals surface area (Å²) in [6, 6.07) is 7.51. The predicted molar refractivity (Wildman–Crippen MR) is 88.8 cm³/mol. The molecule has 0 radical (unpaired) electrons. The standard InChI is InChI=1S/C17H20N4O3/c1-10(2)21-17-14(8-19-21)13(7-16(23)20-17)11-3-5-12(6-4-11)24-9-15(18)22/h3-6,8,10,13H,7,9H2,1-2H3,(H2,18,22)(H,20,23)/t13-/m0/s1. The highest BCUT2D eigenvalue weighted by Crippen LogP contribution is 2.38. The molecule has 1 aromatic carbocycles. The maximum Gasteiger partial charge on any atom is 0.255 e. The average Bonchev–Trinajstić information content (AvgIpc) is 2.96. The number of hydrogen-bond acceptors (Lipinski definition) is 4. The fraction of sp³-hybridized carbons (Fsp3) is 0.353. The molecule has 1 aliphatic heterocycles. The Morgan fingerprint density at radius 3 is 2.75 bits per heavy atom. The number of ether oxygens (including phenoxy) is 1. The van der Waals surface area contributed by atoms with Gasteiger partial charge in [0.1, 0.15) is 11.6 Å². The van der Waals surface area contributed by atoms with E-state index >= 15 is 0 Å². The Morgan fingerprint density at radius 1 is 1.42 bits per heavy atom. The van der Waals surface area contributed by atoms with Crippen molar-refractivity contribution in [3.8, 4) is 5.75 Å². The zero-order chi connectivity index (χ0) is 17.3. The van der Waals surface area contributed by atoms with Gasteiger partial charge in [0.05, 0.1) is 6.20 Å². The topological polar surface area (TPSA) is 99.2 Å². The maximum absolute atomic E-state index is 12.1. The van der Waals surface area contributed by atoms with Gasteiger partial charge in [-0.3, -0.25) is 9.59 Å². The number of hydrogen-bond donors (Lipinski definition) is 2. The molecule has 24 heavy (non-hydrogen) atoms. The monoisotopic (exact) mass is 328 g/mol. The van der Waals surface area contributed by atoms with Gasteiger partial charge in [-0.15, -0.1) is 0 Å². The number of fused-ring (bicyclic) bond motifs is 1. The van der Waals surface area contributed by atoms with Crippen molar-refractivity contribution in [2.24, 2.45) is 5.73 Å². The minimum absolute atomic E-state index is 0.0241. The van der Waals surface area contributed by atoms with Gasteiger partial charge in [0, 0.05) is 23.9 Å². The van der Waals surface area contributed by atoms with Crippen LogP contribution in [0.25, 0.3) is 0 Å². The van der Waals surface area contributed by atoms with Crippen LogP contribution >= 0.6 is 0 Å². The van der Waals surface area contributed by atoms with Crippen LogP contribution in [-0.2, 0) is 9.59 Å². The van der Waals surface area contributed by atoms with Gasteiger partial charge in [-0.2, -0.15) is 5.10 Å². The number of aromatic nitrogens is 2. The lowest BCUT2D eigenvalue weighted by Gasteiger charge is -2.24. The number of nitrogens with one attached hydrogen (secondary N) is 1. The molecular formula is C17H20N4O3. The van der Waals surface area contributed by atoms with E-state index in [2.05, 4.69) is 10.4 Å². The summed E-state index contributed by atoms with van der Waals surface area (Å²) in [6.45, 7) is 3.89. The smallest absolute Gasteiger partial charge is 0.255 e. The maximum atomic E-state index is 12.1. The molecule has 126 valence electrons. The Morgan fingerprint density at radius 2 is 2.12 bits per heavy atom. The summed E-state index contributed by atoms with van der Waals surface area (Å²) in [5.41, 5.74) is 7.07. The molecule has 2 heterocycles. The molecule has 2 amide bonds.